The molecule has 0 bridgehead atoms. The molecule has 6 heteroatoms. The van der Waals surface area contributed by atoms with E-state index in [0.29, 0.717) is 24.3 Å². The van der Waals surface area contributed by atoms with Crippen molar-refractivity contribution in [1.82, 2.24) is 0 Å². The molecule has 0 aromatic heterocycles. The van der Waals surface area contributed by atoms with Gasteiger partial charge in [0, 0.05) is 0 Å². The first-order chi connectivity index (χ1) is 9.92. The summed E-state index contributed by atoms with van der Waals surface area (Å²) in [5.41, 5.74) is 5.74. The number of ether oxygens (including phenoxy) is 1. The number of hydrogen-bond acceptors (Lipinski definition) is 4. The number of amides is 1. The van der Waals surface area contributed by atoms with Gasteiger partial charge in [0.2, 0.25) is 12.0 Å². The summed E-state index contributed by atoms with van der Waals surface area (Å²) in [5, 5.41) is 9.19. The number of hydrogen-bond donors (Lipinski definition) is 2. The van der Waals surface area contributed by atoms with Crippen LogP contribution in [0.3, 0.4) is 0 Å². The molecule has 114 valence electrons. The van der Waals surface area contributed by atoms with Crippen LogP contribution in [-0.4, -0.2) is 35.2 Å². The summed E-state index contributed by atoms with van der Waals surface area (Å²) in [6.07, 6.45) is -0.110. The molecule has 6 nitrogen and oxygen atoms in total. The Morgan fingerprint density at radius 2 is 2.00 bits per heavy atom. The molecule has 1 aromatic rings. The fourth-order valence-electron chi connectivity index (χ4n) is 2.38. The van der Waals surface area contributed by atoms with E-state index in [0.717, 1.165) is 0 Å². The number of carboxylic acids is 1. The van der Waals surface area contributed by atoms with Crippen molar-refractivity contribution >= 4 is 17.6 Å². The Kier molecular flexibility index (Phi) is 4.18. The first kappa shape index (κ1) is 15.3. The number of para-hydroxylation sites is 2. The number of nitrogens with two attached hydrogens (primary N) is 1. The summed E-state index contributed by atoms with van der Waals surface area (Å²) in [4.78, 5) is 25.4. The molecule has 1 aliphatic heterocycles. The lowest BCUT2D eigenvalue weighted by atomic mass is 9.91. The predicted molar refractivity (Wildman–Crippen MR) is 78.3 cm³/mol. The fraction of sp³-hybridized carbons (Fsp3) is 0.467. The minimum atomic E-state index is -1.10. The number of carbonyl (C=O) groups excluding carboxylic acids is 1. The average molecular weight is 292 g/mol. The van der Waals surface area contributed by atoms with Crippen molar-refractivity contribution in [2.75, 3.05) is 11.4 Å². The van der Waals surface area contributed by atoms with Gasteiger partial charge in [0.15, 0.2) is 0 Å². The second-order valence-electron chi connectivity index (χ2n) is 5.19. The molecule has 1 aliphatic rings. The van der Waals surface area contributed by atoms with E-state index in [2.05, 4.69) is 0 Å². The quantitative estimate of drug-likeness (QED) is 0.874. The van der Waals surface area contributed by atoms with Crippen molar-refractivity contribution in [3.05, 3.63) is 24.3 Å². The minimum absolute atomic E-state index is 0.0376. The SMILES string of the molecule is CCC(N)(CC)C(=O)N1CC(C(=O)O)Oc2ccccc21. The molecule has 0 fully saturated rings. The standard InChI is InChI=1S/C15H20N2O4/c1-3-15(16,4-2)14(20)17-9-12(13(18)19)21-11-8-6-5-7-10(11)17/h5-8,12H,3-4,9,16H2,1-2H3,(H,18,19). The topological polar surface area (TPSA) is 92.9 Å². The summed E-state index contributed by atoms with van der Waals surface area (Å²) >= 11 is 0. The van der Waals surface area contributed by atoms with Crippen LogP contribution in [0.15, 0.2) is 24.3 Å². The van der Waals surface area contributed by atoms with E-state index < -0.39 is 17.6 Å². The summed E-state index contributed by atoms with van der Waals surface area (Å²) in [6, 6.07) is 6.90. The number of anilines is 1. The van der Waals surface area contributed by atoms with E-state index in [1.807, 2.05) is 13.8 Å². The molecule has 1 aromatic carbocycles. The van der Waals surface area contributed by atoms with Crippen LogP contribution in [0.25, 0.3) is 0 Å². The van der Waals surface area contributed by atoms with Crippen LogP contribution in [0.2, 0.25) is 0 Å². The Labute approximate surface area is 123 Å². The molecule has 21 heavy (non-hydrogen) atoms. The molecule has 2 rings (SSSR count). The maximum Gasteiger partial charge on any atom is 0.346 e. The molecule has 0 radical (unpaired) electrons. The van der Waals surface area contributed by atoms with Crippen LogP contribution in [0, 0.1) is 0 Å². The maximum atomic E-state index is 12.8. The number of rotatable bonds is 4. The van der Waals surface area contributed by atoms with Crippen molar-refractivity contribution in [3.63, 3.8) is 0 Å². The van der Waals surface area contributed by atoms with Gasteiger partial charge in [0.1, 0.15) is 5.75 Å². The Morgan fingerprint density at radius 1 is 1.38 bits per heavy atom. The highest BCUT2D eigenvalue weighted by Crippen LogP contribution is 2.35. The summed E-state index contributed by atoms with van der Waals surface area (Å²) in [5.74, 6) is -0.980. The van der Waals surface area contributed by atoms with Gasteiger partial charge in [-0.3, -0.25) is 4.79 Å². The Hall–Kier alpha value is -2.08. The zero-order chi connectivity index (χ0) is 15.6. The van der Waals surface area contributed by atoms with Crippen LogP contribution >= 0.6 is 0 Å². The molecule has 0 saturated carbocycles. The van der Waals surface area contributed by atoms with E-state index in [9.17, 15) is 14.7 Å². The normalized spacial score (nSPS) is 17.9. The molecule has 0 spiro atoms. The lowest BCUT2D eigenvalue weighted by Crippen LogP contribution is -2.58. The molecular weight excluding hydrogens is 272 g/mol. The second kappa shape index (κ2) is 5.73. The van der Waals surface area contributed by atoms with Gasteiger partial charge in [-0.15, -0.1) is 0 Å². The zero-order valence-corrected chi connectivity index (χ0v) is 12.2. The Balaban J connectivity index is 2.42. The van der Waals surface area contributed by atoms with E-state index in [1.165, 1.54) is 4.90 Å². The monoisotopic (exact) mass is 292 g/mol. The highest BCUT2D eigenvalue weighted by atomic mass is 16.5. The number of fused-ring (bicyclic) bond motifs is 1. The first-order valence-electron chi connectivity index (χ1n) is 7.02. The van der Waals surface area contributed by atoms with E-state index >= 15 is 0 Å². The van der Waals surface area contributed by atoms with E-state index in [-0.39, 0.29) is 12.5 Å². The molecule has 1 unspecified atom stereocenters. The lowest BCUT2D eigenvalue weighted by Gasteiger charge is -2.38. The Morgan fingerprint density at radius 3 is 2.57 bits per heavy atom. The van der Waals surface area contributed by atoms with Crippen molar-refractivity contribution in [2.45, 2.75) is 38.3 Å². The van der Waals surface area contributed by atoms with Gasteiger partial charge in [-0.2, -0.15) is 0 Å². The third kappa shape index (κ3) is 2.71. The molecule has 0 saturated heterocycles. The van der Waals surface area contributed by atoms with Gasteiger partial charge >= 0.3 is 5.97 Å². The largest absolute Gasteiger partial charge is 0.478 e. The van der Waals surface area contributed by atoms with Crippen molar-refractivity contribution in [3.8, 4) is 5.75 Å². The number of benzene rings is 1. The average Bonchev–Trinajstić information content (AvgIpc) is 2.52. The van der Waals surface area contributed by atoms with E-state index in [4.69, 9.17) is 10.5 Å². The van der Waals surface area contributed by atoms with Crippen molar-refractivity contribution in [1.29, 1.82) is 0 Å². The zero-order valence-electron chi connectivity index (χ0n) is 12.2. The molecule has 1 amide bonds. The molecule has 1 atom stereocenters. The maximum absolute atomic E-state index is 12.8. The fourth-order valence-corrected chi connectivity index (χ4v) is 2.38. The van der Waals surface area contributed by atoms with Gasteiger partial charge in [-0.05, 0) is 25.0 Å². The number of aliphatic carboxylic acids is 1. The highest BCUT2D eigenvalue weighted by Gasteiger charge is 2.40. The molecular formula is C15H20N2O4. The van der Waals surface area contributed by atoms with Gasteiger partial charge in [0.05, 0.1) is 17.8 Å². The number of nitrogens with zero attached hydrogens (tertiary/aromatic N) is 1. The van der Waals surface area contributed by atoms with Gasteiger partial charge in [0.25, 0.3) is 0 Å². The minimum Gasteiger partial charge on any atom is -0.478 e. The molecule has 3 N–H and O–H groups in total. The van der Waals surface area contributed by atoms with Crippen LogP contribution < -0.4 is 15.4 Å². The van der Waals surface area contributed by atoms with Crippen molar-refractivity contribution in [2.24, 2.45) is 5.73 Å². The van der Waals surface area contributed by atoms with Crippen LogP contribution in [0.5, 0.6) is 5.75 Å². The highest BCUT2D eigenvalue weighted by molar-refractivity contribution is 6.02. The number of carbonyl (C=O) groups is 2. The van der Waals surface area contributed by atoms with Crippen LogP contribution in [0.4, 0.5) is 5.69 Å². The van der Waals surface area contributed by atoms with Gasteiger partial charge < -0.3 is 20.5 Å². The molecule has 1 heterocycles. The van der Waals surface area contributed by atoms with Crippen LogP contribution in [-0.2, 0) is 9.59 Å². The van der Waals surface area contributed by atoms with Crippen LogP contribution in [0.1, 0.15) is 26.7 Å². The smallest absolute Gasteiger partial charge is 0.346 e. The van der Waals surface area contributed by atoms with Crippen molar-refractivity contribution < 1.29 is 19.4 Å². The third-order valence-electron chi connectivity index (χ3n) is 3.98. The second-order valence-corrected chi connectivity index (χ2v) is 5.19. The Bertz CT molecular complexity index is 554. The summed E-state index contributed by atoms with van der Waals surface area (Å²) < 4.78 is 5.42. The molecule has 0 aliphatic carbocycles. The third-order valence-corrected chi connectivity index (χ3v) is 3.98. The first-order valence-corrected chi connectivity index (χ1v) is 7.02. The number of carboxylic acid groups (broad SMARTS) is 1. The predicted octanol–water partition coefficient (Wildman–Crippen LogP) is 1.38. The lowest BCUT2D eigenvalue weighted by molar-refractivity contribution is -0.145. The van der Waals surface area contributed by atoms with Gasteiger partial charge in [-0.1, -0.05) is 26.0 Å². The van der Waals surface area contributed by atoms with E-state index in [1.54, 1.807) is 24.3 Å². The summed E-state index contributed by atoms with van der Waals surface area (Å²) in [7, 11) is 0. The summed E-state index contributed by atoms with van der Waals surface area (Å²) in [6.45, 7) is 3.66. The van der Waals surface area contributed by atoms with Gasteiger partial charge in [-0.25, -0.2) is 4.79 Å².